The van der Waals surface area contributed by atoms with Gasteiger partial charge in [-0.2, -0.15) is 4.31 Å². The van der Waals surface area contributed by atoms with E-state index in [1.807, 2.05) is 0 Å². The highest BCUT2D eigenvalue weighted by atomic mass is 79.9. The number of benzene rings is 1. The van der Waals surface area contributed by atoms with Crippen LogP contribution in [0, 0.1) is 23.5 Å². The molecule has 9 heteroatoms. The van der Waals surface area contributed by atoms with Crippen LogP contribution < -0.4 is 0 Å². The van der Waals surface area contributed by atoms with Crippen molar-refractivity contribution in [2.45, 2.75) is 11.8 Å². The molecule has 1 fully saturated rings. The minimum absolute atomic E-state index is 0.0252. The lowest BCUT2D eigenvalue weighted by atomic mass is 9.99. The Balaban J connectivity index is 2.43. The Morgan fingerprint density at radius 1 is 1.38 bits per heavy atom. The first kappa shape index (κ1) is 16.3. The first-order valence-electron chi connectivity index (χ1n) is 6.02. The van der Waals surface area contributed by atoms with Gasteiger partial charge in [0.05, 0.1) is 5.92 Å². The van der Waals surface area contributed by atoms with Crippen molar-refractivity contribution < 1.29 is 27.1 Å². The molecule has 0 unspecified atom stereocenters. The summed E-state index contributed by atoms with van der Waals surface area (Å²) < 4.78 is 52.4. The molecule has 1 aromatic rings. The number of halogens is 3. The number of rotatable bonds is 3. The monoisotopic (exact) mass is 383 g/mol. The van der Waals surface area contributed by atoms with E-state index >= 15 is 0 Å². The van der Waals surface area contributed by atoms with Crippen LogP contribution >= 0.6 is 15.9 Å². The van der Waals surface area contributed by atoms with E-state index in [-0.39, 0.29) is 23.5 Å². The van der Waals surface area contributed by atoms with Crippen LogP contribution in [-0.2, 0) is 14.8 Å². The van der Waals surface area contributed by atoms with Crippen molar-refractivity contribution in [1.82, 2.24) is 4.31 Å². The fourth-order valence-electron chi connectivity index (χ4n) is 2.34. The zero-order valence-electron chi connectivity index (χ0n) is 10.9. The molecule has 0 bridgehead atoms. The van der Waals surface area contributed by atoms with E-state index in [2.05, 4.69) is 15.9 Å². The third-order valence-electron chi connectivity index (χ3n) is 3.46. The highest BCUT2D eigenvalue weighted by Gasteiger charge is 2.42. The average molecular weight is 384 g/mol. The standard InChI is InChI=1S/C12H12BrF2NO4S/c1-6-4-16(5-8(6)12(17)18)21(19,20)11-9(13)2-7(14)3-10(11)15/h2-3,6,8H,4-5H2,1H3,(H,17,18)/t6-,8-/m1/s1. The number of aliphatic carboxylic acids is 1. The van der Waals surface area contributed by atoms with Gasteiger partial charge in [-0.15, -0.1) is 0 Å². The largest absolute Gasteiger partial charge is 0.481 e. The molecule has 0 amide bonds. The molecule has 1 N–H and O–H groups in total. The molecule has 5 nitrogen and oxygen atoms in total. The summed E-state index contributed by atoms with van der Waals surface area (Å²) in [4.78, 5) is 10.4. The summed E-state index contributed by atoms with van der Waals surface area (Å²) >= 11 is 2.84. The first-order chi connectivity index (χ1) is 9.64. The van der Waals surface area contributed by atoms with Crippen LogP contribution in [0.4, 0.5) is 8.78 Å². The second-order valence-electron chi connectivity index (χ2n) is 4.94. The van der Waals surface area contributed by atoms with Gasteiger partial charge in [0.25, 0.3) is 0 Å². The molecule has 0 radical (unpaired) electrons. The molecule has 1 aliphatic heterocycles. The molecule has 116 valence electrons. The van der Waals surface area contributed by atoms with Crippen molar-refractivity contribution in [2.75, 3.05) is 13.1 Å². The zero-order valence-corrected chi connectivity index (χ0v) is 13.3. The van der Waals surface area contributed by atoms with E-state index in [1.54, 1.807) is 6.92 Å². The maximum atomic E-state index is 13.8. The topological polar surface area (TPSA) is 74.7 Å². The van der Waals surface area contributed by atoms with Gasteiger partial charge < -0.3 is 5.11 Å². The number of carbonyl (C=O) groups is 1. The van der Waals surface area contributed by atoms with Gasteiger partial charge >= 0.3 is 5.97 Å². The van der Waals surface area contributed by atoms with Gasteiger partial charge in [-0.1, -0.05) is 6.92 Å². The van der Waals surface area contributed by atoms with Crippen molar-refractivity contribution in [3.8, 4) is 0 Å². The molecule has 0 aromatic heterocycles. The highest BCUT2D eigenvalue weighted by Crippen LogP contribution is 2.33. The summed E-state index contributed by atoms with van der Waals surface area (Å²) in [5.41, 5.74) is 0. The average Bonchev–Trinajstić information content (AvgIpc) is 2.70. The maximum Gasteiger partial charge on any atom is 0.308 e. The lowest BCUT2D eigenvalue weighted by molar-refractivity contribution is -0.142. The fourth-order valence-corrected chi connectivity index (χ4v) is 5.02. The minimum atomic E-state index is -4.23. The van der Waals surface area contributed by atoms with E-state index in [1.165, 1.54) is 0 Å². The third kappa shape index (κ3) is 2.95. The number of hydrogen-bond acceptors (Lipinski definition) is 3. The van der Waals surface area contributed by atoms with E-state index in [4.69, 9.17) is 5.11 Å². The SMILES string of the molecule is C[C@@H]1CN(S(=O)(=O)c2c(F)cc(F)cc2Br)C[C@H]1C(=O)O. The summed E-state index contributed by atoms with van der Waals surface area (Å²) in [6.07, 6.45) is 0. The van der Waals surface area contributed by atoms with Gasteiger partial charge in [0.15, 0.2) is 0 Å². The quantitative estimate of drug-likeness (QED) is 0.866. The third-order valence-corrected chi connectivity index (χ3v) is 6.25. The van der Waals surface area contributed by atoms with Gasteiger partial charge in [0.2, 0.25) is 10.0 Å². The minimum Gasteiger partial charge on any atom is -0.481 e. The van der Waals surface area contributed by atoms with Gasteiger partial charge in [0.1, 0.15) is 16.5 Å². The molecular weight excluding hydrogens is 372 g/mol. The van der Waals surface area contributed by atoms with Crippen molar-refractivity contribution in [3.05, 3.63) is 28.2 Å². The van der Waals surface area contributed by atoms with E-state index < -0.39 is 38.4 Å². The molecule has 21 heavy (non-hydrogen) atoms. The normalized spacial score (nSPS) is 23.4. The Hall–Kier alpha value is -1.06. The number of carboxylic acid groups (broad SMARTS) is 1. The van der Waals surface area contributed by atoms with Crippen LogP contribution in [0.15, 0.2) is 21.5 Å². The van der Waals surface area contributed by atoms with Crippen LogP contribution in [0.25, 0.3) is 0 Å². The summed E-state index contributed by atoms with van der Waals surface area (Å²) in [5.74, 6) is -4.45. The molecule has 1 aliphatic rings. The van der Waals surface area contributed by atoms with Crippen LogP contribution in [0.2, 0.25) is 0 Å². The summed E-state index contributed by atoms with van der Waals surface area (Å²) in [5, 5.41) is 9.03. The Kier molecular flexibility index (Phi) is 4.36. The van der Waals surface area contributed by atoms with Gasteiger partial charge in [-0.05, 0) is 27.9 Å². The predicted octanol–water partition coefficient (Wildman–Crippen LogP) is 2.07. The van der Waals surface area contributed by atoms with Gasteiger partial charge in [0, 0.05) is 23.6 Å². The van der Waals surface area contributed by atoms with Crippen molar-refractivity contribution in [3.63, 3.8) is 0 Å². The molecule has 1 saturated heterocycles. The van der Waals surface area contributed by atoms with E-state index in [0.717, 1.165) is 10.4 Å². The Labute approximate surface area is 128 Å². The number of hydrogen-bond donors (Lipinski definition) is 1. The Bertz CT molecular complexity index is 671. The van der Waals surface area contributed by atoms with Crippen LogP contribution in [-0.4, -0.2) is 36.9 Å². The Morgan fingerprint density at radius 3 is 2.48 bits per heavy atom. The van der Waals surface area contributed by atoms with Crippen molar-refractivity contribution in [1.29, 1.82) is 0 Å². The van der Waals surface area contributed by atoms with E-state index in [9.17, 15) is 22.0 Å². The van der Waals surface area contributed by atoms with Crippen LogP contribution in [0.3, 0.4) is 0 Å². The van der Waals surface area contributed by atoms with Crippen molar-refractivity contribution >= 4 is 31.9 Å². The second kappa shape index (κ2) is 5.62. The number of sulfonamides is 1. The zero-order chi connectivity index (χ0) is 15.9. The molecule has 0 saturated carbocycles. The molecule has 0 aliphatic carbocycles. The number of nitrogens with zero attached hydrogens (tertiary/aromatic N) is 1. The molecular formula is C12H12BrF2NO4S. The molecule has 2 atom stereocenters. The fraction of sp³-hybridized carbons (Fsp3) is 0.417. The lowest BCUT2D eigenvalue weighted by Gasteiger charge is -2.17. The molecule has 2 rings (SSSR count). The Morgan fingerprint density at radius 2 is 2.00 bits per heavy atom. The maximum absolute atomic E-state index is 13.8. The molecule has 0 spiro atoms. The van der Waals surface area contributed by atoms with E-state index in [0.29, 0.717) is 6.07 Å². The summed E-state index contributed by atoms with van der Waals surface area (Å²) in [6.45, 7) is 1.36. The summed E-state index contributed by atoms with van der Waals surface area (Å²) in [7, 11) is -4.23. The number of carboxylic acids is 1. The lowest BCUT2D eigenvalue weighted by Crippen LogP contribution is -2.31. The molecule has 1 aromatic carbocycles. The van der Waals surface area contributed by atoms with Crippen LogP contribution in [0.1, 0.15) is 6.92 Å². The molecule has 1 heterocycles. The first-order valence-corrected chi connectivity index (χ1v) is 8.25. The van der Waals surface area contributed by atoms with Gasteiger partial charge in [-0.3, -0.25) is 4.79 Å². The highest BCUT2D eigenvalue weighted by molar-refractivity contribution is 9.10. The smallest absolute Gasteiger partial charge is 0.308 e. The van der Waals surface area contributed by atoms with Crippen molar-refractivity contribution in [2.24, 2.45) is 11.8 Å². The summed E-state index contributed by atoms with van der Waals surface area (Å²) in [6, 6.07) is 1.33. The predicted molar refractivity (Wildman–Crippen MR) is 73.1 cm³/mol. The second-order valence-corrected chi connectivity index (χ2v) is 7.67. The van der Waals surface area contributed by atoms with Gasteiger partial charge in [-0.25, -0.2) is 17.2 Å². The van der Waals surface area contributed by atoms with Crippen LogP contribution in [0.5, 0.6) is 0 Å².